The van der Waals surface area contributed by atoms with Gasteiger partial charge >= 0.3 is 88.9 Å². The second-order valence-electron chi connectivity index (χ2n) is 3.25. The van der Waals surface area contributed by atoms with Gasteiger partial charge in [0.15, 0.2) is 0 Å². The van der Waals surface area contributed by atoms with Crippen LogP contribution in [0.4, 0.5) is 0 Å². The third kappa shape index (κ3) is 5.88. The van der Waals surface area contributed by atoms with Crippen LogP contribution in [0, 0.1) is 0 Å². The van der Waals surface area contributed by atoms with E-state index in [2.05, 4.69) is 30.4 Å². The van der Waals surface area contributed by atoms with Crippen LogP contribution in [0.15, 0.2) is 34.9 Å². The van der Waals surface area contributed by atoms with E-state index in [0.29, 0.717) is 0 Å². The molecule has 13 heavy (non-hydrogen) atoms. The van der Waals surface area contributed by atoms with Crippen LogP contribution in [0.2, 0.25) is 0 Å². The Labute approximate surface area is 89.2 Å². The van der Waals surface area contributed by atoms with E-state index in [9.17, 15) is 0 Å². The first kappa shape index (κ1) is 10.8. The first-order valence-corrected chi connectivity index (χ1v) is 5.50. The van der Waals surface area contributed by atoms with Gasteiger partial charge in [0.2, 0.25) is 0 Å². The van der Waals surface area contributed by atoms with Crippen molar-refractivity contribution in [1.82, 2.24) is 0 Å². The molecule has 0 aromatic carbocycles. The molecule has 1 heteroatoms. The summed E-state index contributed by atoms with van der Waals surface area (Å²) in [6.07, 6.45) is 18.1. The zero-order valence-corrected chi connectivity index (χ0v) is 8.93. The van der Waals surface area contributed by atoms with Crippen LogP contribution in [0.5, 0.6) is 0 Å². The summed E-state index contributed by atoms with van der Waals surface area (Å²) in [7, 11) is 0. The second-order valence-corrected chi connectivity index (χ2v) is 3.88. The van der Waals surface area contributed by atoms with E-state index in [4.69, 9.17) is 15.5 Å². The van der Waals surface area contributed by atoms with Gasteiger partial charge in [-0.25, -0.2) is 0 Å². The molecule has 0 unspecified atom stereocenters. The summed E-state index contributed by atoms with van der Waals surface area (Å²) in [6.45, 7) is 0. The van der Waals surface area contributed by atoms with Crippen LogP contribution in [-0.2, 0) is 15.5 Å². The normalized spacial score (nSPS) is 20.3. The Morgan fingerprint density at radius 2 is 1.31 bits per heavy atom. The Morgan fingerprint density at radius 1 is 0.769 bits per heavy atom. The number of allylic oxidation sites excluding steroid dienone is 6. The molecular formula is C12H17Ni. The number of rotatable bonds is 0. The van der Waals surface area contributed by atoms with Crippen LogP contribution in [-0.4, -0.2) is 0 Å². The molecule has 0 nitrogen and oxygen atoms in total. The summed E-state index contributed by atoms with van der Waals surface area (Å²) >= 11 is 4.92. The van der Waals surface area contributed by atoms with E-state index >= 15 is 0 Å². The Kier molecular flexibility index (Phi) is 5.93. The van der Waals surface area contributed by atoms with Crippen molar-refractivity contribution in [1.29, 1.82) is 0 Å². The van der Waals surface area contributed by atoms with Crippen LogP contribution < -0.4 is 0 Å². The van der Waals surface area contributed by atoms with Crippen molar-refractivity contribution in [3.63, 3.8) is 0 Å². The van der Waals surface area contributed by atoms with Gasteiger partial charge in [-0.05, 0) is 0 Å². The van der Waals surface area contributed by atoms with E-state index in [-0.39, 0.29) is 0 Å². The van der Waals surface area contributed by atoms with Crippen molar-refractivity contribution in [2.45, 2.75) is 38.5 Å². The molecule has 0 aliphatic heterocycles. The SMILES string of the molecule is [Ni][C]1=CCCC=CCCC=CCC1. The second kappa shape index (κ2) is 7.15. The molecule has 1 aliphatic carbocycles. The van der Waals surface area contributed by atoms with Crippen LogP contribution in [0.1, 0.15) is 38.5 Å². The van der Waals surface area contributed by atoms with Gasteiger partial charge in [-0.2, -0.15) is 0 Å². The Balaban J connectivity index is 2.42. The van der Waals surface area contributed by atoms with Gasteiger partial charge in [0.25, 0.3) is 0 Å². The fourth-order valence-electron chi connectivity index (χ4n) is 1.31. The number of hydrogen-bond acceptors (Lipinski definition) is 0. The van der Waals surface area contributed by atoms with Gasteiger partial charge in [0, 0.05) is 0 Å². The molecule has 0 heterocycles. The molecule has 0 fully saturated rings. The molecule has 1 rings (SSSR count). The zero-order valence-electron chi connectivity index (χ0n) is 7.95. The molecule has 0 saturated carbocycles. The van der Waals surface area contributed by atoms with Crippen LogP contribution >= 0.6 is 0 Å². The average Bonchev–Trinajstić information content (AvgIpc) is 2.11. The summed E-state index contributed by atoms with van der Waals surface area (Å²) in [6, 6.07) is 0. The molecule has 0 aromatic heterocycles. The molecule has 75 valence electrons. The van der Waals surface area contributed by atoms with Gasteiger partial charge in [0.1, 0.15) is 0 Å². The van der Waals surface area contributed by atoms with Gasteiger partial charge in [-0.1, -0.05) is 0 Å². The summed E-state index contributed by atoms with van der Waals surface area (Å²) in [4.78, 5) is 0. The molecule has 0 atom stereocenters. The maximum atomic E-state index is 4.92. The average molecular weight is 220 g/mol. The van der Waals surface area contributed by atoms with E-state index < -0.39 is 0 Å². The van der Waals surface area contributed by atoms with Crippen molar-refractivity contribution < 1.29 is 15.5 Å². The van der Waals surface area contributed by atoms with Gasteiger partial charge in [-0.3, -0.25) is 0 Å². The molecule has 1 aliphatic rings. The van der Waals surface area contributed by atoms with E-state index in [1.165, 1.54) is 17.4 Å². The van der Waals surface area contributed by atoms with Gasteiger partial charge in [0.05, 0.1) is 0 Å². The monoisotopic (exact) mass is 219 g/mol. The Hall–Kier alpha value is -0.286. The summed E-state index contributed by atoms with van der Waals surface area (Å²) in [5, 5.41) is 0. The Bertz CT molecular complexity index is 211. The van der Waals surface area contributed by atoms with Crippen molar-refractivity contribution in [2.75, 3.05) is 0 Å². The van der Waals surface area contributed by atoms with Crippen molar-refractivity contribution >= 4 is 0 Å². The molecule has 0 bridgehead atoms. The number of hydrogen-bond donors (Lipinski definition) is 0. The topological polar surface area (TPSA) is 0 Å². The molecule has 0 aromatic rings. The third-order valence-electron chi connectivity index (χ3n) is 2.05. The summed E-state index contributed by atoms with van der Waals surface area (Å²) in [5.41, 5.74) is 0. The molecule has 0 amide bonds. The van der Waals surface area contributed by atoms with Crippen molar-refractivity contribution in [3.8, 4) is 0 Å². The van der Waals surface area contributed by atoms with Crippen molar-refractivity contribution in [2.24, 2.45) is 0 Å². The van der Waals surface area contributed by atoms with Gasteiger partial charge in [-0.15, -0.1) is 0 Å². The molecular weight excluding hydrogens is 203 g/mol. The minimum absolute atomic E-state index is 1.07. The molecule has 0 radical (unpaired) electrons. The standard InChI is InChI=1S/C12H17.Ni/c1-2-4-6-8-10-12-11-9-7-5-3-1;/h1-2,7-9H,3-6,11-12H2;. The first-order chi connectivity index (χ1) is 6.39. The first-order valence-electron chi connectivity index (χ1n) is 5.01. The minimum atomic E-state index is 1.07. The summed E-state index contributed by atoms with van der Waals surface area (Å²) < 4.78 is 1.17. The fourth-order valence-corrected chi connectivity index (χ4v) is 1.59. The molecule has 0 spiro atoms. The predicted molar refractivity (Wildman–Crippen MR) is 54.1 cm³/mol. The zero-order chi connectivity index (χ0) is 9.36. The summed E-state index contributed by atoms with van der Waals surface area (Å²) in [5.74, 6) is 0. The Morgan fingerprint density at radius 3 is 2.00 bits per heavy atom. The molecule has 0 N–H and O–H groups in total. The van der Waals surface area contributed by atoms with Crippen LogP contribution in [0.3, 0.4) is 0 Å². The fraction of sp³-hybridized carbons (Fsp3) is 0.500. The van der Waals surface area contributed by atoms with E-state index in [0.717, 1.165) is 25.7 Å². The third-order valence-corrected chi connectivity index (χ3v) is 2.50. The van der Waals surface area contributed by atoms with E-state index in [1.54, 1.807) is 0 Å². The quantitative estimate of drug-likeness (QED) is 0.429. The van der Waals surface area contributed by atoms with E-state index in [1.807, 2.05) is 0 Å². The van der Waals surface area contributed by atoms with Gasteiger partial charge < -0.3 is 0 Å². The maximum absolute atomic E-state index is 4.92. The predicted octanol–water partition coefficient (Wildman–Crippen LogP) is 3.88. The van der Waals surface area contributed by atoms with Crippen LogP contribution in [0.25, 0.3) is 0 Å². The molecule has 0 saturated heterocycles. The van der Waals surface area contributed by atoms with Crippen molar-refractivity contribution in [3.05, 3.63) is 34.9 Å².